The normalized spacial score (nSPS) is 24.2. The first-order chi connectivity index (χ1) is 8.72. The Morgan fingerprint density at radius 3 is 2.89 bits per heavy atom. The number of hydrogen-bond acceptors (Lipinski definition) is 3. The maximum atomic E-state index is 4.74. The van der Waals surface area contributed by atoms with Gasteiger partial charge in [0, 0.05) is 18.2 Å². The summed E-state index contributed by atoms with van der Waals surface area (Å²) >= 11 is 0. The Hall–Kier alpha value is -0.960. The van der Waals surface area contributed by atoms with Crippen molar-refractivity contribution in [2.45, 2.75) is 58.4 Å². The minimum Gasteiger partial charge on any atom is -0.314 e. The summed E-state index contributed by atoms with van der Waals surface area (Å²) in [6.07, 6.45) is 6.56. The first-order valence-corrected chi connectivity index (χ1v) is 7.22. The molecule has 0 radical (unpaired) electrons. The highest BCUT2D eigenvalue weighted by atomic mass is 14.9. The molecule has 2 unspecified atom stereocenters. The number of rotatable bonds is 4. The summed E-state index contributed by atoms with van der Waals surface area (Å²) in [5.74, 6) is 2.54. The lowest BCUT2D eigenvalue weighted by Crippen LogP contribution is -2.18. The van der Waals surface area contributed by atoms with E-state index in [9.17, 15) is 0 Å². The van der Waals surface area contributed by atoms with Crippen LogP contribution in [-0.2, 0) is 6.54 Å². The Morgan fingerprint density at radius 1 is 1.33 bits per heavy atom. The molecule has 0 saturated heterocycles. The standard InChI is InChI=1S/C15H25N3/c1-4-12-6-5-7-13(9-12)15-17-11(2)8-14(18-15)10-16-3/h8,12-13,16H,4-7,9-10H2,1-3H3. The fraction of sp³-hybridized carbons (Fsp3) is 0.733. The fourth-order valence-electron chi connectivity index (χ4n) is 3.01. The maximum absolute atomic E-state index is 4.74. The van der Waals surface area contributed by atoms with Gasteiger partial charge in [-0.3, -0.25) is 0 Å². The van der Waals surface area contributed by atoms with Crippen molar-refractivity contribution in [1.29, 1.82) is 0 Å². The molecule has 1 aromatic rings. The van der Waals surface area contributed by atoms with Crippen molar-refractivity contribution in [1.82, 2.24) is 15.3 Å². The Balaban J connectivity index is 2.16. The molecule has 2 rings (SSSR count). The second-order valence-electron chi connectivity index (χ2n) is 5.53. The van der Waals surface area contributed by atoms with Crippen molar-refractivity contribution >= 4 is 0 Å². The summed E-state index contributed by atoms with van der Waals surface area (Å²) in [6, 6.07) is 2.08. The van der Waals surface area contributed by atoms with Crippen LogP contribution < -0.4 is 5.32 Å². The van der Waals surface area contributed by atoms with Crippen molar-refractivity contribution in [2.24, 2.45) is 5.92 Å². The zero-order valence-corrected chi connectivity index (χ0v) is 11.9. The lowest BCUT2D eigenvalue weighted by molar-refractivity contribution is 0.306. The number of aromatic nitrogens is 2. The van der Waals surface area contributed by atoms with Crippen LogP contribution in [0, 0.1) is 12.8 Å². The van der Waals surface area contributed by atoms with Gasteiger partial charge in [-0.1, -0.05) is 26.2 Å². The number of nitrogens with zero attached hydrogens (tertiary/aromatic N) is 2. The van der Waals surface area contributed by atoms with Crippen LogP contribution in [0.3, 0.4) is 0 Å². The van der Waals surface area contributed by atoms with Gasteiger partial charge in [-0.25, -0.2) is 9.97 Å². The van der Waals surface area contributed by atoms with Gasteiger partial charge in [0.1, 0.15) is 5.82 Å². The number of aryl methyl sites for hydroxylation is 1. The fourth-order valence-corrected chi connectivity index (χ4v) is 3.01. The molecule has 18 heavy (non-hydrogen) atoms. The highest BCUT2D eigenvalue weighted by molar-refractivity contribution is 5.12. The van der Waals surface area contributed by atoms with Gasteiger partial charge in [0.15, 0.2) is 0 Å². The number of nitrogens with one attached hydrogen (secondary N) is 1. The van der Waals surface area contributed by atoms with Crippen molar-refractivity contribution in [2.75, 3.05) is 7.05 Å². The maximum Gasteiger partial charge on any atom is 0.131 e. The summed E-state index contributed by atoms with van der Waals surface area (Å²) in [6.45, 7) is 5.21. The van der Waals surface area contributed by atoms with Gasteiger partial charge in [-0.15, -0.1) is 0 Å². The molecule has 0 aliphatic heterocycles. The van der Waals surface area contributed by atoms with E-state index in [0.717, 1.165) is 29.7 Å². The molecule has 1 saturated carbocycles. The van der Waals surface area contributed by atoms with Crippen LogP contribution in [0.15, 0.2) is 6.07 Å². The second-order valence-corrected chi connectivity index (χ2v) is 5.53. The van der Waals surface area contributed by atoms with Gasteiger partial charge in [-0.05, 0) is 38.8 Å². The van der Waals surface area contributed by atoms with Crippen LogP contribution in [0.2, 0.25) is 0 Å². The smallest absolute Gasteiger partial charge is 0.131 e. The van der Waals surface area contributed by atoms with Crippen LogP contribution >= 0.6 is 0 Å². The molecule has 3 nitrogen and oxygen atoms in total. The van der Waals surface area contributed by atoms with Gasteiger partial charge < -0.3 is 5.32 Å². The molecule has 1 fully saturated rings. The molecule has 1 aromatic heterocycles. The first-order valence-electron chi connectivity index (χ1n) is 7.22. The van der Waals surface area contributed by atoms with Crippen LogP contribution in [0.4, 0.5) is 0 Å². The van der Waals surface area contributed by atoms with Crippen molar-refractivity contribution in [3.63, 3.8) is 0 Å². The SMILES string of the molecule is CCC1CCCC(c2nc(C)cc(CNC)n2)C1. The molecule has 100 valence electrons. The second kappa shape index (κ2) is 6.28. The average Bonchev–Trinajstić information content (AvgIpc) is 2.38. The zero-order valence-electron chi connectivity index (χ0n) is 11.9. The molecular formula is C15H25N3. The van der Waals surface area contributed by atoms with E-state index in [2.05, 4.69) is 30.2 Å². The third kappa shape index (κ3) is 3.29. The van der Waals surface area contributed by atoms with Gasteiger partial charge >= 0.3 is 0 Å². The predicted octanol–water partition coefficient (Wildman–Crippen LogP) is 3.19. The van der Waals surface area contributed by atoms with E-state index >= 15 is 0 Å². The lowest BCUT2D eigenvalue weighted by Gasteiger charge is -2.27. The molecule has 1 aliphatic rings. The summed E-state index contributed by atoms with van der Waals surface area (Å²) in [7, 11) is 1.96. The summed E-state index contributed by atoms with van der Waals surface area (Å²) < 4.78 is 0. The minimum atomic E-state index is 0.583. The summed E-state index contributed by atoms with van der Waals surface area (Å²) in [5.41, 5.74) is 2.22. The number of hydrogen-bond donors (Lipinski definition) is 1. The van der Waals surface area contributed by atoms with E-state index in [4.69, 9.17) is 4.98 Å². The van der Waals surface area contributed by atoms with Crippen LogP contribution in [0.1, 0.15) is 62.2 Å². The van der Waals surface area contributed by atoms with Gasteiger partial charge in [0.25, 0.3) is 0 Å². The first kappa shape index (κ1) is 13.5. The van der Waals surface area contributed by atoms with E-state index in [1.54, 1.807) is 0 Å². The third-order valence-corrected chi connectivity index (χ3v) is 4.01. The predicted molar refractivity (Wildman–Crippen MR) is 74.5 cm³/mol. The quantitative estimate of drug-likeness (QED) is 0.888. The Bertz CT molecular complexity index is 389. The molecule has 1 N–H and O–H groups in total. The molecule has 3 heteroatoms. The van der Waals surface area contributed by atoms with E-state index in [-0.39, 0.29) is 0 Å². The molecule has 0 aromatic carbocycles. The van der Waals surface area contributed by atoms with E-state index in [1.807, 2.05) is 7.05 Å². The summed E-state index contributed by atoms with van der Waals surface area (Å²) in [5, 5.41) is 3.17. The molecular weight excluding hydrogens is 222 g/mol. The third-order valence-electron chi connectivity index (χ3n) is 4.01. The zero-order chi connectivity index (χ0) is 13.0. The largest absolute Gasteiger partial charge is 0.314 e. The molecule has 1 aliphatic carbocycles. The Morgan fingerprint density at radius 2 is 2.17 bits per heavy atom. The molecule has 0 spiro atoms. The molecule has 2 atom stereocenters. The van der Waals surface area contributed by atoms with Gasteiger partial charge in [0.05, 0.1) is 5.69 Å². The molecule has 0 bridgehead atoms. The summed E-state index contributed by atoms with van der Waals surface area (Å²) in [4.78, 5) is 9.41. The highest BCUT2D eigenvalue weighted by Crippen LogP contribution is 2.36. The highest BCUT2D eigenvalue weighted by Gasteiger charge is 2.24. The Labute approximate surface area is 110 Å². The van der Waals surface area contributed by atoms with Crippen LogP contribution in [0.25, 0.3) is 0 Å². The van der Waals surface area contributed by atoms with E-state index < -0.39 is 0 Å². The van der Waals surface area contributed by atoms with Gasteiger partial charge in [-0.2, -0.15) is 0 Å². The Kier molecular flexibility index (Phi) is 4.70. The van der Waals surface area contributed by atoms with E-state index in [1.165, 1.54) is 32.1 Å². The monoisotopic (exact) mass is 247 g/mol. The molecule has 1 heterocycles. The minimum absolute atomic E-state index is 0.583. The molecule has 0 amide bonds. The lowest BCUT2D eigenvalue weighted by atomic mass is 9.80. The van der Waals surface area contributed by atoms with Crippen molar-refractivity contribution < 1.29 is 0 Å². The van der Waals surface area contributed by atoms with E-state index in [0.29, 0.717) is 5.92 Å². The van der Waals surface area contributed by atoms with Crippen molar-refractivity contribution in [3.8, 4) is 0 Å². The average molecular weight is 247 g/mol. The van der Waals surface area contributed by atoms with Crippen LogP contribution in [-0.4, -0.2) is 17.0 Å². The van der Waals surface area contributed by atoms with Crippen molar-refractivity contribution in [3.05, 3.63) is 23.3 Å². The van der Waals surface area contributed by atoms with Crippen LogP contribution in [0.5, 0.6) is 0 Å². The topological polar surface area (TPSA) is 37.8 Å². The van der Waals surface area contributed by atoms with Gasteiger partial charge in [0.2, 0.25) is 0 Å².